The molecule has 8 heteroatoms. The van der Waals surface area contributed by atoms with Gasteiger partial charge in [0.1, 0.15) is 12.4 Å². The Morgan fingerprint density at radius 1 is 1.22 bits per heavy atom. The topological polar surface area (TPSA) is 89.2 Å². The summed E-state index contributed by atoms with van der Waals surface area (Å²) in [6.07, 6.45) is 3.69. The van der Waals surface area contributed by atoms with Crippen LogP contribution < -0.4 is 10.2 Å². The van der Waals surface area contributed by atoms with Gasteiger partial charge in [-0.2, -0.15) is 9.97 Å². The molecule has 1 fully saturated rings. The molecule has 3 rings (SSSR count). The van der Waals surface area contributed by atoms with Gasteiger partial charge in [0, 0.05) is 32.0 Å². The summed E-state index contributed by atoms with van der Waals surface area (Å²) in [6.45, 7) is 4.79. The lowest BCUT2D eigenvalue weighted by molar-refractivity contribution is 0.151. The van der Waals surface area contributed by atoms with Crippen LogP contribution in [-0.2, 0) is 17.9 Å². The number of aryl methyl sites for hydroxylation is 1. The summed E-state index contributed by atoms with van der Waals surface area (Å²) in [4.78, 5) is 15.6. The number of nitrogens with zero attached hydrogens (tertiary/aromatic N) is 5. The second-order valence-electron chi connectivity index (χ2n) is 5.63. The van der Waals surface area contributed by atoms with E-state index in [2.05, 4.69) is 30.3 Å². The third-order valence-electron chi connectivity index (χ3n) is 3.69. The van der Waals surface area contributed by atoms with Crippen molar-refractivity contribution in [2.75, 3.05) is 30.4 Å². The van der Waals surface area contributed by atoms with Crippen LogP contribution in [0.2, 0.25) is 0 Å². The Kier molecular flexibility index (Phi) is 5.02. The second kappa shape index (κ2) is 7.36. The molecule has 23 heavy (non-hydrogen) atoms. The lowest BCUT2D eigenvalue weighted by atomic mass is 10.1. The molecule has 3 heterocycles. The predicted octanol–water partition coefficient (Wildman–Crippen LogP) is 1.92. The highest BCUT2D eigenvalue weighted by molar-refractivity contribution is 5.43. The molecular weight excluding hydrogens is 296 g/mol. The normalized spacial score (nSPS) is 15.0. The van der Waals surface area contributed by atoms with Crippen molar-refractivity contribution in [3.63, 3.8) is 0 Å². The van der Waals surface area contributed by atoms with Crippen molar-refractivity contribution in [2.45, 2.75) is 39.3 Å². The molecular formula is C15H22N6O2. The van der Waals surface area contributed by atoms with Crippen molar-refractivity contribution in [2.24, 2.45) is 0 Å². The first-order chi connectivity index (χ1) is 11.2. The molecule has 1 saturated heterocycles. The number of rotatable bonds is 6. The van der Waals surface area contributed by atoms with Crippen molar-refractivity contribution < 1.29 is 9.26 Å². The number of methoxy groups -OCH3 is 1. The van der Waals surface area contributed by atoms with E-state index in [4.69, 9.17) is 9.26 Å². The Morgan fingerprint density at radius 3 is 2.83 bits per heavy atom. The number of nitrogens with one attached hydrogen (secondary N) is 1. The molecule has 1 N–H and O–H groups in total. The van der Waals surface area contributed by atoms with Crippen molar-refractivity contribution in [3.05, 3.63) is 23.5 Å². The van der Waals surface area contributed by atoms with Gasteiger partial charge in [0.15, 0.2) is 5.82 Å². The highest BCUT2D eigenvalue weighted by Crippen LogP contribution is 2.18. The number of hydrogen-bond acceptors (Lipinski definition) is 8. The molecule has 0 aliphatic carbocycles. The number of ether oxygens (including phenoxy) is 1. The first-order valence-corrected chi connectivity index (χ1v) is 7.89. The van der Waals surface area contributed by atoms with Crippen molar-refractivity contribution in [3.8, 4) is 0 Å². The maximum atomic E-state index is 5.07. The van der Waals surface area contributed by atoms with Gasteiger partial charge in [-0.05, 0) is 26.2 Å². The zero-order valence-corrected chi connectivity index (χ0v) is 13.6. The molecule has 0 aromatic carbocycles. The Morgan fingerprint density at radius 2 is 2.04 bits per heavy atom. The molecule has 0 amide bonds. The number of anilines is 2. The van der Waals surface area contributed by atoms with Gasteiger partial charge in [0.05, 0.1) is 6.54 Å². The lowest BCUT2D eigenvalue weighted by Crippen LogP contribution is -2.31. The van der Waals surface area contributed by atoms with Crippen molar-refractivity contribution >= 4 is 11.8 Å². The van der Waals surface area contributed by atoms with E-state index < -0.39 is 0 Å². The quantitative estimate of drug-likeness (QED) is 0.864. The van der Waals surface area contributed by atoms with E-state index in [1.807, 2.05) is 13.0 Å². The monoisotopic (exact) mass is 318 g/mol. The van der Waals surface area contributed by atoms with Gasteiger partial charge in [0.25, 0.3) is 5.89 Å². The Labute approximate surface area is 135 Å². The summed E-state index contributed by atoms with van der Waals surface area (Å²) in [6, 6.07) is 1.92. The van der Waals surface area contributed by atoms with Gasteiger partial charge in [0.2, 0.25) is 5.95 Å². The van der Waals surface area contributed by atoms with E-state index in [-0.39, 0.29) is 0 Å². The van der Waals surface area contributed by atoms with E-state index >= 15 is 0 Å². The van der Waals surface area contributed by atoms with E-state index in [9.17, 15) is 0 Å². The zero-order valence-electron chi connectivity index (χ0n) is 13.6. The van der Waals surface area contributed by atoms with E-state index in [1.54, 1.807) is 7.11 Å². The van der Waals surface area contributed by atoms with E-state index in [1.165, 1.54) is 19.3 Å². The number of aromatic nitrogens is 4. The standard InChI is InChI=1S/C15H22N6O2/c1-11-8-12(16-9-13-18-14(10-22-2)23-20-13)19-15(17-11)21-6-4-3-5-7-21/h8H,3-7,9-10H2,1-2H3,(H,16,17,19). The van der Waals surface area contributed by atoms with Crippen LogP contribution in [0.4, 0.5) is 11.8 Å². The lowest BCUT2D eigenvalue weighted by Gasteiger charge is -2.27. The van der Waals surface area contributed by atoms with Crippen LogP contribution in [0.1, 0.15) is 36.7 Å². The summed E-state index contributed by atoms with van der Waals surface area (Å²) in [5.41, 5.74) is 0.941. The summed E-state index contributed by atoms with van der Waals surface area (Å²) in [5, 5.41) is 7.14. The molecule has 124 valence electrons. The molecule has 0 bridgehead atoms. The summed E-state index contributed by atoms with van der Waals surface area (Å²) >= 11 is 0. The summed E-state index contributed by atoms with van der Waals surface area (Å²) < 4.78 is 10.0. The third-order valence-corrected chi connectivity index (χ3v) is 3.69. The molecule has 0 spiro atoms. The SMILES string of the molecule is COCc1nc(CNc2cc(C)nc(N3CCCCC3)n2)no1. The Hall–Kier alpha value is -2.22. The summed E-state index contributed by atoms with van der Waals surface area (Å²) in [7, 11) is 1.59. The largest absolute Gasteiger partial charge is 0.375 e. The van der Waals surface area contributed by atoms with Crippen LogP contribution in [0.3, 0.4) is 0 Å². The van der Waals surface area contributed by atoms with Crippen LogP contribution >= 0.6 is 0 Å². The van der Waals surface area contributed by atoms with Gasteiger partial charge < -0.3 is 19.5 Å². The predicted molar refractivity (Wildman–Crippen MR) is 85.2 cm³/mol. The van der Waals surface area contributed by atoms with Crippen LogP contribution in [0, 0.1) is 6.92 Å². The average Bonchev–Trinajstić information content (AvgIpc) is 3.01. The second-order valence-corrected chi connectivity index (χ2v) is 5.63. The molecule has 0 atom stereocenters. The van der Waals surface area contributed by atoms with E-state index in [0.717, 1.165) is 30.5 Å². The first-order valence-electron chi connectivity index (χ1n) is 7.89. The minimum Gasteiger partial charge on any atom is -0.375 e. The fraction of sp³-hybridized carbons (Fsp3) is 0.600. The van der Waals surface area contributed by atoms with Gasteiger partial charge in [-0.3, -0.25) is 0 Å². The maximum Gasteiger partial charge on any atom is 0.252 e. The number of piperidine rings is 1. The minimum atomic E-state index is 0.318. The van der Waals surface area contributed by atoms with Crippen molar-refractivity contribution in [1.82, 2.24) is 20.1 Å². The molecule has 1 aliphatic rings. The molecule has 2 aromatic heterocycles. The van der Waals surface area contributed by atoms with E-state index in [0.29, 0.717) is 24.9 Å². The van der Waals surface area contributed by atoms with Crippen molar-refractivity contribution in [1.29, 1.82) is 0 Å². The van der Waals surface area contributed by atoms with Gasteiger partial charge >= 0.3 is 0 Å². The van der Waals surface area contributed by atoms with Crippen LogP contribution in [-0.4, -0.2) is 40.3 Å². The van der Waals surface area contributed by atoms with Gasteiger partial charge in [-0.15, -0.1) is 0 Å². The zero-order chi connectivity index (χ0) is 16.1. The highest BCUT2D eigenvalue weighted by Gasteiger charge is 2.15. The molecule has 2 aromatic rings. The minimum absolute atomic E-state index is 0.318. The molecule has 0 unspecified atom stereocenters. The van der Waals surface area contributed by atoms with Crippen LogP contribution in [0.15, 0.2) is 10.6 Å². The average molecular weight is 318 g/mol. The fourth-order valence-corrected chi connectivity index (χ4v) is 2.59. The molecule has 8 nitrogen and oxygen atoms in total. The van der Waals surface area contributed by atoms with Gasteiger partial charge in [-0.25, -0.2) is 4.98 Å². The van der Waals surface area contributed by atoms with Crippen LogP contribution in [0.5, 0.6) is 0 Å². The number of hydrogen-bond donors (Lipinski definition) is 1. The van der Waals surface area contributed by atoms with Gasteiger partial charge in [-0.1, -0.05) is 5.16 Å². The Bertz CT molecular complexity index is 639. The molecule has 1 aliphatic heterocycles. The third kappa shape index (κ3) is 4.16. The van der Waals surface area contributed by atoms with Crippen LogP contribution in [0.25, 0.3) is 0 Å². The first kappa shape index (κ1) is 15.7. The highest BCUT2D eigenvalue weighted by atomic mass is 16.5. The fourth-order valence-electron chi connectivity index (χ4n) is 2.59. The smallest absolute Gasteiger partial charge is 0.252 e. The molecule has 0 radical (unpaired) electrons. The summed E-state index contributed by atoms with van der Waals surface area (Å²) in [5.74, 6) is 2.61. The maximum absolute atomic E-state index is 5.07. The molecule has 0 saturated carbocycles. The Balaban J connectivity index is 1.65.